The van der Waals surface area contributed by atoms with E-state index in [2.05, 4.69) is 10.3 Å². The van der Waals surface area contributed by atoms with E-state index in [9.17, 15) is 22.0 Å². The standard InChI is InChI=1S/C22H19F2N3O4S2/c23-18-7-4-16(13-19(18)24)20-14-32-22(25-20)26-21(28)8-3-15-1-5-17(6-2-15)33(29,30)27-9-11-31-12-10-27/h1-8,13-14H,9-12H2,(H,25,26,28)/b8-3+. The fraction of sp³-hybridized carbons (Fsp3) is 0.182. The highest BCUT2D eigenvalue weighted by Crippen LogP contribution is 2.26. The normalized spacial score (nSPS) is 15.1. The summed E-state index contributed by atoms with van der Waals surface area (Å²) in [5.41, 5.74) is 1.45. The Bertz CT molecular complexity index is 1290. The van der Waals surface area contributed by atoms with Crippen LogP contribution >= 0.6 is 11.3 Å². The largest absolute Gasteiger partial charge is 0.379 e. The van der Waals surface area contributed by atoms with Crippen LogP contribution in [0.5, 0.6) is 0 Å². The second-order valence-corrected chi connectivity index (χ2v) is 9.87. The minimum absolute atomic E-state index is 0.179. The molecule has 7 nitrogen and oxygen atoms in total. The van der Waals surface area contributed by atoms with Crippen LogP contribution in [0.25, 0.3) is 17.3 Å². The molecule has 1 aliphatic heterocycles. The molecule has 0 aliphatic carbocycles. The summed E-state index contributed by atoms with van der Waals surface area (Å²) in [6.07, 6.45) is 2.84. The van der Waals surface area contributed by atoms with E-state index in [0.717, 1.165) is 23.5 Å². The van der Waals surface area contributed by atoms with Crippen molar-refractivity contribution < 1.29 is 26.7 Å². The zero-order valence-electron chi connectivity index (χ0n) is 17.2. The van der Waals surface area contributed by atoms with Crippen LogP contribution in [-0.4, -0.2) is 49.9 Å². The van der Waals surface area contributed by atoms with Gasteiger partial charge in [0.15, 0.2) is 16.8 Å². The first-order chi connectivity index (χ1) is 15.8. The average Bonchev–Trinajstić information content (AvgIpc) is 3.29. The van der Waals surface area contributed by atoms with Crippen LogP contribution in [0.1, 0.15) is 5.56 Å². The lowest BCUT2D eigenvalue weighted by atomic mass is 10.2. The summed E-state index contributed by atoms with van der Waals surface area (Å²) in [6.45, 7) is 1.38. The second-order valence-electron chi connectivity index (χ2n) is 7.07. The van der Waals surface area contributed by atoms with Gasteiger partial charge in [0, 0.05) is 30.1 Å². The maximum absolute atomic E-state index is 13.4. The number of thiazole rings is 1. The van der Waals surface area contributed by atoms with Gasteiger partial charge in [0.2, 0.25) is 15.9 Å². The van der Waals surface area contributed by atoms with Gasteiger partial charge in [-0.3, -0.25) is 10.1 Å². The van der Waals surface area contributed by atoms with E-state index in [1.807, 2.05) is 0 Å². The van der Waals surface area contributed by atoms with Crippen molar-refractivity contribution in [3.05, 3.63) is 71.1 Å². The predicted molar refractivity (Wildman–Crippen MR) is 121 cm³/mol. The number of carbonyl (C=O) groups excluding carboxylic acids is 1. The monoisotopic (exact) mass is 491 g/mol. The van der Waals surface area contributed by atoms with Crippen LogP contribution in [0.4, 0.5) is 13.9 Å². The van der Waals surface area contributed by atoms with Crippen molar-refractivity contribution in [1.29, 1.82) is 0 Å². The SMILES string of the molecule is O=C(/C=C/c1ccc(S(=O)(=O)N2CCOCC2)cc1)Nc1nc(-c2ccc(F)c(F)c2)cs1. The maximum atomic E-state index is 13.4. The molecule has 2 aromatic carbocycles. The van der Waals surface area contributed by atoms with Crippen molar-refractivity contribution in [2.24, 2.45) is 0 Å². The second kappa shape index (κ2) is 9.87. The molecular formula is C22H19F2N3O4S2. The molecule has 0 unspecified atom stereocenters. The van der Waals surface area contributed by atoms with E-state index in [1.54, 1.807) is 23.6 Å². The summed E-state index contributed by atoms with van der Waals surface area (Å²) in [6, 6.07) is 9.68. The molecule has 0 atom stereocenters. The predicted octanol–water partition coefficient (Wildman–Crippen LogP) is 3.76. The van der Waals surface area contributed by atoms with E-state index in [1.165, 1.54) is 28.6 Å². The third-order valence-corrected chi connectivity index (χ3v) is 7.54. The third kappa shape index (κ3) is 5.50. The number of anilines is 1. The van der Waals surface area contributed by atoms with Gasteiger partial charge >= 0.3 is 0 Å². The molecule has 3 aromatic rings. The van der Waals surface area contributed by atoms with Gasteiger partial charge in [-0.1, -0.05) is 12.1 Å². The van der Waals surface area contributed by atoms with Gasteiger partial charge in [-0.15, -0.1) is 11.3 Å². The Balaban J connectivity index is 1.38. The van der Waals surface area contributed by atoms with E-state index in [-0.39, 0.29) is 4.90 Å². The molecule has 1 aromatic heterocycles. The Hall–Kier alpha value is -2.99. The summed E-state index contributed by atoms with van der Waals surface area (Å²) in [5.74, 6) is -2.36. The number of morpholine rings is 1. The van der Waals surface area contributed by atoms with Crippen LogP contribution in [-0.2, 0) is 19.6 Å². The molecule has 1 amide bonds. The highest BCUT2D eigenvalue weighted by atomic mass is 32.2. The summed E-state index contributed by atoms with van der Waals surface area (Å²) in [4.78, 5) is 16.6. The number of amides is 1. The first-order valence-electron chi connectivity index (χ1n) is 9.91. The van der Waals surface area contributed by atoms with Gasteiger partial charge in [0.1, 0.15) is 0 Å². The molecule has 1 aliphatic rings. The Morgan fingerprint density at radius 1 is 1.09 bits per heavy atom. The first kappa shape index (κ1) is 23.2. The number of hydrogen-bond acceptors (Lipinski definition) is 6. The molecule has 1 saturated heterocycles. The highest BCUT2D eigenvalue weighted by molar-refractivity contribution is 7.89. The van der Waals surface area contributed by atoms with Crippen molar-refractivity contribution in [3.63, 3.8) is 0 Å². The van der Waals surface area contributed by atoms with E-state index in [4.69, 9.17) is 4.74 Å². The number of carbonyl (C=O) groups is 1. The van der Waals surface area contributed by atoms with Crippen molar-refractivity contribution in [1.82, 2.24) is 9.29 Å². The van der Waals surface area contributed by atoms with Gasteiger partial charge in [-0.2, -0.15) is 4.31 Å². The number of nitrogens with one attached hydrogen (secondary N) is 1. The summed E-state index contributed by atoms with van der Waals surface area (Å²) in [5, 5.41) is 4.53. The van der Waals surface area contributed by atoms with E-state index < -0.39 is 27.6 Å². The number of aromatic nitrogens is 1. The molecule has 1 N–H and O–H groups in total. The van der Waals surface area contributed by atoms with Gasteiger partial charge in [-0.05, 0) is 42.0 Å². The molecule has 1 fully saturated rings. The van der Waals surface area contributed by atoms with E-state index in [0.29, 0.717) is 48.3 Å². The minimum Gasteiger partial charge on any atom is -0.379 e. The fourth-order valence-corrected chi connectivity index (χ4v) is 5.26. The van der Waals surface area contributed by atoms with Crippen molar-refractivity contribution in [3.8, 4) is 11.3 Å². The van der Waals surface area contributed by atoms with Crippen molar-refractivity contribution in [2.45, 2.75) is 4.90 Å². The average molecular weight is 492 g/mol. The van der Waals surface area contributed by atoms with Gasteiger partial charge < -0.3 is 4.74 Å². The van der Waals surface area contributed by atoms with Gasteiger partial charge in [-0.25, -0.2) is 22.2 Å². The third-order valence-electron chi connectivity index (χ3n) is 4.86. The molecular weight excluding hydrogens is 472 g/mol. The molecule has 2 heterocycles. The lowest BCUT2D eigenvalue weighted by Crippen LogP contribution is -2.40. The Kier molecular flexibility index (Phi) is 6.94. The number of ether oxygens (including phenoxy) is 1. The Morgan fingerprint density at radius 2 is 1.82 bits per heavy atom. The summed E-state index contributed by atoms with van der Waals surface area (Å²) in [7, 11) is -3.58. The Labute approximate surface area is 193 Å². The highest BCUT2D eigenvalue weighted by Gasteiger charge is 2.25. The number of rotatable bonds is 6. The van der Waals surface area contributed by atoms with Crippen molar-refractivity contribution >= 4 is 38.5 Å². The molecule has 0 bridgehead atoms. The smallest absolute Gasteiger partial charge is 0.250 e. The van der Waals surface area contributed by atoms with Gasteiger partial charge in [0.05, 0.1) is 23.8 Å². The molecule has 0 spiro atoms. The quantitative estimate of drug-likeness (QED) is 0.531. The molecule has 0 saturated carbocycles. The van der Waals surface area contributed by atoms with Crippen molar-refractivity contribution in [2.75, 3.05) is 31.6 Å². The number of nitrogens with zero attached hydrogens (tertiary/aromatic N) is 2. The number of halogens is 2. The molecule has 0 radical (unpaired) electrons. The van der Waals surface area contributed by atoms with Crippen LogP contribution in [0.3, 0.4) is 0 Å². The zero-order chi connectivity index (χ0) is 23.4. The van der Waals surface area contributed by atoms with Crippen LogP contribution in [0.15, 0.2) is 58.8 Å². The first-order valence-corrected chi connectivity index (χ1v) is 12.2. The number of hydrogen-bond donors (Lipinski definition) is 1. The lowest BCUT2D eigenvalue weighted by molar-refractivity contribution is -0.111. The lowest BCUT2D eigenvalue weighted by Gasteiger charge is -2.26. The number of sulfonamides is 1. The van der Waals surface area contributed by atoms with Crippen LogP contribution in [0, 0.1) is 11.6 Å². The Morgan fingerprint density at radius 3 is 2.52 bits per heavy atom. The topological polar surface area (TPSA) is 88.6 Å². The van der Waals surface area contributed by atoms with E-state index >= 15 is 0 Å². The zero-order valence-corrected chi connectivity index (χ0v) is 18.8. The molecule has 11 heteroatoms. The van der Waals surface area contributed by atoms with Gasteiger partial charge in [0.25, 0.3) is 0 Å². The minimum atomic E-state index is -3.58. The summed E-state index contributed by atoms with van der Waals surface area (Å²) < 4.78 is 58.4. The fourth-order valence-electron chi connectivity index (χ4n) is 3.13. The molecule has 33 heavy (non-hydrogen) atoms. The molecule has 172 valence electrons. The van der Waals surface area contributed by atoms with Crippen LogP contribution < -0.4 is 5.32 Å². The molecule has 4 rings (SSSR count). The number of benzene rings is 2. The van der Waals surface area contributed by atoms with Crippen LogP contribution in [0.2, 0.25) is 0 Å². The summed E-state index contributed by atoms with van der Waals surface area (Å²) >= 11 is 1.15. The maximum Gasteiger partial charge on any atom is 0.250 e.